The summed E-state index contributed by atoms with van der Waals surface area (Å²) in [4.78, 5) is 28.2. The summed E-state index contributed by atoms with van der Waals surface area (Å²) in [6.07, 6.45) is 6.77. The van der Waals surface area contributed by atoms with Gasteiger partial charge in [-0.1, -0.05) is 86.0 Å². The highest BCUT2D eigenvalue weighted by atomic mass is 16.5. The highest BCUT2D eigenvalue weighted by Crippen LogP contribution is 2.27. The van der Waals surface area contributed by atoms with Gasteiger partial charge in [-0.3, -0.25) is 4.79 Å². The molecule has 1 atom stereocenters. The zero-order valence-corrected chi connectivity index (χ0v) is 19.6. The molecule has 4 nitrogen and oxygen atoms in total. The van der Waals surface area contributed by atoms with Crippen LogP contribution in [0.15, 0.2) is 91.0 Å². The predicted molar refractivity (Wildman–Crippen MR) is 135 cm³/mol. The fourth-order valence-corrected chi connectivity index (χ4v) is 4.77. The smallest absolute Gasteiger partial charge is 0.338 e. The maximum atomic E-state index is 13.4. The minimum atomic E-state index is -0.353. The number of esters is 1. The summed E-state index contributed by atoms with van der Waals surface area (Å²) in [6, 6.07) is 28.8. The molecule has 4 rings (SSSR count). The van der Waals surface area contributed by atoms with Crippen LogP contribution in [0.1, 0.15) is 77.3 Å². The Kier molecular flexibility index (Phi) is 8.50. The van der Waals surface area contributed by atoms with Crippen molar-refractivity contribution in [2.24, 2.45) is 0 Å². The average molecular weight is 456 g/mol. The number of ether oxygens (including phenoxy) is 1. The molecule has 34 heavy (non-hydrogen) atoms. The van der Waals surface area contributed by atoms with E-state index in [4.69, 9.17) is 4.74 Å². The van der Waals surface area contributed by atoms with Gasteiger partial charge in [0.2, 0.25) is 0 Å². The second-order valence-electron chi connectivity index (χ2n) is 8.97. The third kappa shape index (κ3) is 6.34. The molecule has 0 heterocycles. The van der Waals surface area contributed by atoms with Gasteiger partial charge in [0.05, 0.1) is 5.56 Å². The highest BCUT2D eigenvalue weighted by molar-refractivity contribution is 5.94. The summed E-state index contributed by atoms with van der Waals surface area (Å²) in [5, 5.41) is 0. The van der Waals surface area contributed by atoms with Crippen molar-refractivity contribution in [3.63, 3.8) is 0 Å². The van der Waals surface area contributed by atoms with E-state index < -0.39 is 0 Å². The molecule has 176 valence electrons. The molecule has 0 bridgehead atoms. The third-order valence-electron chi connectivity index (χ3n) is 6.59. The van der Waals surface area contributed by atoms with Crippen molar-refractivity contribution in [3.8, 4) is 0 Å². The number of hydrogen-bond acceptors (Lipinski definition) is 3. The fraction of sp³-hybridized carbons (Fsp3) is 0.333. The van der Waals surface area contributed by atoms with Gasteiger partial charge in [-0.15, -0.1) is 0 Å². The molecular formula is C30H33NO3. The van der Waals surface area contributed by atoms with E-state index in [-0.39, 0.29) is 24.0 Å². The van der Waals surface area contributed by atoms with Crippen molar-refractivity contribution in [2.75, 3.05) is 6.54 Å². The van der Waals surface area contributed by atoms with Crippen LogP contribution in [-0.2, 0) is 4.74 Å². The van der Waals surface area contributed by atoms with Gasteiger partial charge in [-0.2, -0.15) is 0 Å². The third-order valence-corrected chi connectivity index (χ3v) is 6.59. The average Bonchev–Trinajstić information content (AvgIpc) is 2.92. The fourth-order valence-electron chi connectivity index (χ4n) is 4.77. The minimum absolute atomic E-state index is 0.102. The van der Waals surface area contributed by atoms with Gasteiger partial charge < -0.3 is 9.64 Å². The van der Waals surface area contributed by atoms with E-state index in [0.29, 0.717) is 18.5 Å². The van der Waals surface area contributed by atoms with Crippen molar-refractivity contribution in [1.29, 1.82) is 0 Å². The maximum Gasteiger partial charge on any atom is 0.338 e. The molecular weight excluding hydrogens is 422 g/mol. The van der Waals surface area contributed by atoms with Crippen LogP contribution >= 0.6 is 0 Å². The van der Waals surface area contributed by atoms with E-state index >= 15 is 0 Å². The van der Waals surface area contributed by atoms with Gasteiger partial charge in [0.15, 0.2) is 0 Å². The van der Waals surface area contributed by atoms with Gasteiger partial charge in [-0.05, 0) is 55.5 Å². The second kappa shape index (κ2) is 12.2. The number of benzene rings is 3. The molecule has 3 aromatic carbocycles. The first kappa shape index (κ1) is 23.7. The highest BCUT2D eigenvalue weighted by Gasteiger charge is 2.27. The molecule has 3 aromatic rings. The number of rotatable bonds is 9. The Morgan fingerprint density at radius 3 is 1.94 bits per heavy atom. The topological polar surface area (TPSA) is 46.6 Å². The molecule has 1 saturated carbocycles. The summed E-state index contributed by atoms with van der Waals surface area (Å²) in [5.74, 6) is -0.219. The molecule has 1 amide bonds. The van der Waals surface area contributed by atoms with Crippen LogP contribution in [0, 0.1) is 0 Å². The zero-order valence-electron chi connectivity index (χ0n) is 19.6. The number of carbonyl (C=O) groups is 2. The summed E-state index contributed by atoms with van der Waals surface area (Å²) < 4.78 is 5.95. The molecule has 0 radical (unpaired) electrons. The summed E-state index contributed by atoms with van der Waals surface area (Å²) in [5.41, 5.74) is 2.26. The lowest BCUT2D eigenvalue weighted by Gasteiger charge is -2.35. The Morgan fingerprint density at radius 2 is 1.32 bits per heavy atom. The molecule has 1 aliphatic rings. The van der Waals surface area contributed by atoms with Gasteiger partial charge in [-0.25, -0.2) is 4.79 Å². The number of hydrogen-bond donors (Lipinski definition) is 0. The lowest BCUT2D eigenvalue weighted by molar-refractivity contribution is 0.0255. The van der Waals surface area contributed by atoms with Crippen molar-refractivity contribution in [2.45, 2.75) is 57.1 Å². The first-order chi connectivity index (χ1) is 16.7. The van der Waals surface area contributed by atoms with Crippen molar-refractivity contribution < 1.29 is 14.3 Å². The van der Waals surface area contributed by atoms with Crippen LogP contribution in [0.2, 0.25) is 0 Å². The van der Waals surface area contributed by atoms with Crippen LogP contribution in [-0.4, -0.2) is 29.4 Å². The molecule has 0 aliphatic heterocycles. The van der Waals surface area contributed by atoms with Gasteiger partial charge >= 0.3 is 5.97 Å². The molecule has 0 spiro atoms. The standard InChI is InChI=1S/C30H33NO3/c32-29(25-16-7-2-8-17-25)31(27-20-11-4-12-21-27)23-13-22-28(24-14-5-1-6-15-24)34-30(33)26-18-9-3-10-19-26/h1-3,5-10,14-19,27-28H,4,11-13,20-23H2. The molecule has 1 unspecified atom stereocenters. The molecule has 1 fully saturated rings. The van der Waals surface area contributed by atoms with Crippen molar-refractivity contribution in [1.82, 2.24) is 4.90 Å². The van der Waals surface area contributed by atoms with Crippen LogP contribution < -0.4 is 0 Å². The van der Waals surface area contributed by atoms with Crippen LogP contribution in [0.4, 0.5) is 0 Å². The van der Waals surface area contributed by atoms with Crippen molar-refractivity contribution in [3.05, 3.63) is 108 Å². The Labute approximate surface area is 202 Å². The Hall–Kier alpha value is -3.40. The first-order valence-electron chi connectivity index (χ1n) is 12.4. The summed E-state index contributed by atoms with van der Waals surface area (Å²) >= 11 is 0. The van der Waals surface area contributed by atoms with Crippen molar-refractivity contribution >= 4 is 11.9 Å². The van der Waals surface area contributed by atoms with Crippen LogP contribution in [0.5, 0.6) is 0 Å². The van der Waals surface area contributed by atoms with Crippen LogP contribution in [0.25, 0.3) is 0 Å². The minimum Gasteiger partial charge on any atom is -0.454 e. The second-order valence-corrected chi connectivity index (χ2v) is 8.97. The van der Waals surface area contributed by atoms with E-state index in [2.05, 4.69) is 4.90 Å². The molecule has 0 saturated heterocycles. The SMILES string of the molecule is O=C(OC(CCCN(C(=O)c1ccccc1)C1CCCCC1)c1ccccc1)c1ccccc1. The van der Waals surface area contributed by atoms with E-state index in [1.54, 1.807) is 12.1 Å². The van der Waals surface area contributed by atoms with E-state index in [9.17, 15) is 9.59 Å². The summed E-state index contributed by atoms with van der Waals surface area (Å²) in [7, 11) is 0. The monoisotopic (exact) mass is 455 g/mol. The first-order valence-corrected chi connectivity index (χ1v) is 12.4. The summed E-state index contributed by atoms with van der Waals surface area (Å²) in [6.45, 7) is 0.657. The van der Waals surface area contributed by atoms with Gasteiger partial charge in [0, 0.05) is 18.2 Å². The Morgan fingerprint density at radius 1 is 0.765 bits per heavy atom. The lowest BCUT2D eigenvalue weighted by atomic mass is 9.93. The molecule has 0 N–H and O–H groups in total. The molecule has 0 aromatic heterocycles. The Bertz CT molecular complexity index is 1030. The van der Waals surface area contributed by atoms with E-state index in [0.717, 1.165) is 30.4 Å². The van der Waals surface area contributed by atoms with Gasteiger partial charge in [0.1, 0.15) is 6.10 Å². The number of nitrogens with zero attached hydrogens (tertiary/aromatic N) is 1. The zero-order chi connectivity index (χ0) is 23.6. The quantitative estimate of drug-likeness (QED) is 0.332. The van der Waals surface area contributed by atoms with E-state index in [1.807, 2.05) is 78.9 Å². The maximum absolute atomic E-state index is 13.4. The molecule has 4 heteroatoms. The van der Waals surface area contributed by atoms with Crippen LogP contribution in [0.3, 0.4) is 0 Å². The number of amides is 1. The Balaban J connectivity index is 1.46. The molecule has 1 aliphatic carbocycles. The number of carbonyl (C=O) groups excluding carboxylic acids is 2. The lowest BCUT2D eigenvalue weighted by Crippen LogP contribution is -2.42. The normalized spacial score (nSPS) is 14.8. The van der Waals surface area contributed by atoms with E-state index in [1.165, 1.54) is 19.3 Å². The predicted octanol–water partition coefficient (Wildman–Crippen LogP) is 6.84. The largest absolute Gasteiger partial charge is 0.454 e. The van der Waals surface area contributed by atoms with Gasteiger partial charge in [0.25, 0.3) is 5.91 Å².